The smallest absolute Gasteiger partial charge is 0.241 e. The lowest BCUT2D eigenvalue weighted by molar-refractivity contribution is -0.129. The van der Waals surface area contributed by atoms with Gasteiger partial charge in [-0.05, 0) is 63.3 Å². The number of likely N-dealkylation sites (N-methyl/N-ethyl adjacent to an activating group) is 1. The summed E-state index contributed by atoms with van der Waals surface area (Å²) in [6.07, 6.45) is 3.90. The van der Waals surface area contributed by atoms with Crippen LogP contribution in [-0.2, 0) is 14.8 Å². The van der Waals surface area contributed by atoms with E-state index in [1.807, 2.05) is 7.05 Å². The summed E-state index contributed by atoms with van der Waals surface area (Å²) in [5.74, 6) is -0.683. The lowest BCUT2D eigenvalue weighted by Crippen LogP contribution is -2.54. The van der Waals surface area contributed by atoms with Gasteiger partial charge in [-0.3, -0.25) is 20.4 Å². The molecule has 1 heterocycles. The van der Waals surface area contributed by atoms with Crippen molar-refractivity contribution in [2.75, 3.05) is 20.3 Å². The molecule has 0 spiro atoms. The van der Waals surface area contributed by atoms with Crippen molar-refractivity contribution in [2.24, 2.45) is 23.7 Å². The van der Waals surface area contributed by atoms with Crippen molar-refractivity contribution in [1.82, 2.24) is 20.5 Å². The Hall–Kier alpha value is -0.480. The number of halogens is 2. The van der Waals surface area contributed by atoms with E-state index in [9.17, 15) is 17.6 Å². The average molecular weight is 451 g/mol. The first kappa shape index (κ1) is 21.7. The number of hydrogen-bond acceptors (Lipinski definition) is 5. The monoisotopic (exact) mass is 450 g/mol. The van der Waals surface area contributed by atoms with E-state index in [0.717, 1.165) is 38.9 Å². The van der Waals surface area contributed by atoms with Crippen LogP contribution in [-0.4, -0.2) is 62.3 Å². The number of nitrogens with one attached hydrogen (secondary N) is 3. The summed E-state index contributed by atoms with van der Waals surface area (Å²) < 4.78 is 40.2. The molecule has 0 radical (unpaired) electrons. The van der Waals surface area contributed by atoms with E-state index >= 15 is 0 Å². The number of rotatable bonds is 5. The Morgan fingerprint density at radius 1 is 1.14 bits per heavy atom. The summed E-state index contributed by atoms with van der Waals surface area (Å²) >= 11 is 6.23. The minimum atomic E-state index is -3.68. The molecule has 0 aromatic rings. The Balaban J connectivity index is 1.36. The fourth-order valence-electron chi connectivity index (χ4n) is 5.91. The molecule has 0 aromatic heterocycles. The molecule has 1 amide bonds. The highest BCUT2D eigenvalue weighted by molar-refractivity contribution is 7.90. The lowest BCUT2D eigenvalue weighted by atomic mass is 9.76. The van der Waals surface area contributed by atoms with E-state index in [0.29, 0.717) is 25.2 Å². The van der Waals surface area contributed by atoms with Crippen LogP contribution in [0.2, 0.25) is 0 Å². The van der Waals surface area contributed by atoms with Crippen LogP contribution in [0.15, 0.2) is 0 Å². The van der Waals surface area contributed by atoms with Gasteiger partial charge < -0.3 is 0 Å². The van der Waals surface area contributed by atoms with E-state index in [2.05, 4.69) is 20.5 Å². The number of sulfonamides is 1. The molecule has 8 unspecified atom stereocenters. The minimum Gasteiger partial charge on any atom is -0.300 e. The molecule has 3 aliphatic carbocycles. The Kier molecular flexibility index (Phi) is 6.43. The number of amides is 1. The molecule has 10 heteroatoms. The normalized spacial score (nSPS) is 43.4. The van der Waals surface area contributed by atoms with Crippen molar-refractivity contribution in [1.29, 1.82) is 0 Å². The van der Waals surface area contributed by atoms with Crippen LogP contribution in [0.5, 0.6) is 0 Å². The summed E-state index contributed by atoms with van der Waals surface area (Å²) in [6, 6.07) is 0.165. The van der Waals surface area contributed by atoms with E-state index in [1.165, 1.54) is 0 Å². The van der Waals surface area contributed by atoms with Crippen molar-refractivity contribution in [3.8, 4) is 0 Å². The molecule has 2 bridgehead atoms. The van der Waals surface area contributed by atoms with Crippen LogP contribution in [0.3, 0.4) is 0 Å². The SMILES string of the molecule is CN1CNC(C2CC(Cl)C(F)C(C(=O)NNS(=O)(=O)C3CCC4CCC3C4)C2)C1. The first-order chi connectivity index (χ1) is 13.7. The Bertz CT molecular complexity index is 726. The Morgan fingerprint density at radius 3 is 2.62 bits per heavy atom. The molecule has 4 aliphatic rings. The van der Waals surface area contributed by atoms with E-state index in [1.54, 1.807) is 0 Å². The molecule has 166 valence electrons. The highest BCUT2D eigenvalue weighted by atomic mass is 35.5. The molecule has 3 saturated carbocycles. The second-order valence-corrected chi connectivity index (χ2v) is 12.0. The first-order valence-corrected chi connectivity index (χ1v) is 12.7. The Morgan fingerprint density at radius 2 is 1.90 bits per heavy atom. The van der Waals surface area contributed by atoms with Crippen LogP contribution < -0.4 is 15.6 Å². The zero-order chi connectivity index (χ0) is 20.8. The Labute approximate surface area is 177 Å². The number of hydrogen-bond donors (Lipinski definition) is 3. The average Bonchev–Trinajstić information content (AvgIpc) is 3.27. The molecule has 0 aromatic carbocycles. The third kappa shape index (κ3) is 4.59. The fraction of sp³-hybridized carbons (Fsp3) is 0.947. The first-order valence-electron chi connectivity index (χ1n) is 10.7. The fourth-order valence-corrected chi connectivity index (χ4v) is 7.90. The largest absolute Gasteiger partial charge is 0.300 e. The van der Waals surface area contributed by atoms with Crippen molar-refractivity contribution in [2.45, 2.75) is 67.8 Å². The van der Waals surface area contributed by atoms with Gasteiger partial charge in [0.05, 0.1) is 16.5 Å². The van der Waals surface area contributed by atoms with Crippen molar-refractivity contribution >= 4 is 27.5 Å². The number of carbonyl (C=O) groups is 1. The van der Waals surface area contributed by atoms with Gasteiger partial charge in [0.2, 0.25) is 15.9 Å². The molecule has 8 atom stereocenters. The molecular weight excluding hydrogens is 419 g/mol. The molecule has 1 aliphatic heterocycles. The van der Waals surface area contributed by atoms with Crippen LogP contribution in [0.1, 0.15) is 44.9 Å². The number of nitrogens with zero attached hydrogens (tertiary/aromatic N) is 1. The predicted molar refractivity (Wildman–Crippen MR) is 109 cm³/mol. The third-order valence-electron chi connectivity index (χ3n) is 7.53. The predicted octanol–water partition coefficient (Wildman–Crippen LogP) is 1.35. The second kappa shape index (κ2) is 8.57. The van der Waals surface area contributed by atoms with E-state index in [-0.39, 0.29) is 17.9 Å². The molecular formula is C19H32ClFN4O3S. The van der Waals surface area contributed by atoms with Gasteiger partial charge in [-0.2, -0.15) is 0 Å². The zero-order valence-corrected chi connectivity index (χ0v) is 18.4. The highest BCUT2D eigenvalue weighted by Gasteiger charge is 2.46. The zero-order valence-electron chi connectivity index (χ0n) is 16.8. The number of hydrazine groups is 1. The summed E-state index contributed by atoms with van der Waals surface area (Å²) in [5, 5.41) is 2.17. The lowest BCUT2D eigenvalue weighted by Gasteiger charge is -2.37. The maximum atomic E-state index is 14.7. The van der Waals surface area contributed by atoms with Crippen LogP contribution in [0.4, 0.5) is 4.39 Å². The van der Waals surface area contributed by atoms with E-state index in [4.69, 9.17) is 11.6 Å². The quantitative estimate of drug-likeness (QED) is 0.434. The van der Waals surface area contributed by atoms with Crippen LogP contribution >= 0.6 is 11.6 Å². The highest BCUT2D eigenvalue weighted by Crippen LogP contribution is 2.44. The summed E-state index contributed by atoms with van der Waals surface area (Å²) in [6.45, 7) is 1.59. The standard InChI is InChI=1S/C19H32ClFN4O3S/c1-25-9-16(22-10-25)13-7-14(18(21)15(20)8-13)19(26)23-24-29(27,28)17-5-3-11-2-4-12(17)6-11/h11-18,22,24H,2-10H2,1H3,(H,23,26). The maximum absolute atomic E-state index is 14.7. The van der Waals surface area contributed by atoms with E-state index < -0.39 is 38.6 Å². The third-order valence-corrected chi connectivity index (χ3v) is 9.76. The van der Waals surface area contributed by atoms with Gasteiger partial charge >= 0.3 is 0 Å². The van der Waals surface area contributed by atoms with Gasteiger partial charge in [-0.25, -0.2) is 12.8 Å². The molecule has 3 N–H and O–H groups in total. The molecule has 4 rings (SSSR count). The topological polar surface area (TPSA) is 90.5 Å². The van der Waals surface area contributed by atoms with Gasteiger partial charge in [0, 0.05) is 19.3 Å². The number of alkyl halides is 2. The van der Waals surface area contributed by atoms with Gasteiger partial charge in [0.1, 0.15) is 6.17 Å². The number of carbonyl (C=O) groups excluding carboxylic acids is 1. The van der Waals surface area contributed by atoms with Crippen molar-refractivity contribution in [3.63, 3.8) is 0 Å². The van der Waals surface area contributed by atoms with Gasteiger partial charge in [-0.1, -0.05) is 6.42 Å². The molecule has 1 saturated heterocycles. The van der Waals surface area contributed by atoms with Crippen LogP contribution in [0, 0.1) is 23.7 Å². The minimum absolute atomic E-state index is 0.0792. The number of fused-ring (bicyclic) bond motifs is 2. The summed E-state index contributed by atoms with van der Waals surface area (Å²) in [7, 11) is -1.67. The van der Waals surface area contributed by atoms with Crippen molar-refractivity contribution < 1.29 is 17.6 Å². The summed E-state index contributed by atoms with van der Waals surface area (Å²) in [5.41, 5.74) is 2.31. The van der Waals surface area contributed by atoms with Crippen molar-refractivity contribution in [3.05, 3.63) is 0 Å². The van der Waals surface area contributed by atoms with Gasteiger partial charge in [0.25, 0.3) is 0 Å². The van der Waals surface area contributed by atoms with Gasteiger partial charge in [-0.15, -0.1) is 16.4 Å². The summed E-state index contributed by atoms with van der Waals surface area (Å²) in [4.78, 5) is 17.1. The van der Waals surface area contributed by atoms with Crippen LogP contribution in [0.25, 0.3) is 0 Å². The second-order valence-electron chi connectivity index (χ2n) is 9.50. The molecule has 29 heavy (non-hydrogen) atoms. The molecule has 7 nitrogen and oxygen atoms in total. The maximum Gasteiger partial charge on any atom is 0.241 e. The molecule has 4 fully saturated rings. The van der Waals surface area contributed by atoms with Gasteiger partial charge in [0.15, 0.2) is 0 Å².